The summed E-state index contributed by atoms with van der Waals surface area (Å²) in [7, 11) is 0. The number of aromatic nitrogens is 3. The van der Waals surface area contributed by atoms with Crippen LogP contribution in [0.3, 0.4) is 0 Å². The zero-order valence-electron chi connectivity index (χ0n) is 18.1. The van der Waals surface area contributed by atoms with Crippen LogP contribution in [0, 0.1) is 5.41 Å². The molecule has 0 radical (unpaired) electrons. The van der Waals surface area contributed by atoms with Crippen LogP contribution in [0.5, 0.6) is 0 Å². The minimum absolute atomic E-state index is 0.00679. The fraction of sp³-hybridized carbons (Fsp3) is 0.375. The molecule has 2 amide bonds. The molecule has 1 spiro atoms. The van der Waals surface area contributed by atoms with Crippen LogP contribution < -0.4 is 10.9 Å². The molecule has 1 atom stereocenters. The highest BCUT2D eigenvalue weighted by Crippen LogP contribution is 2.43. The number of amides is 2. The fourth-order valence-corrected chi connectivity index (χ4v) is 4.95. The number of benzene rings is 1. The molecule has 9 nitrogen and oxygen atoms in total. The van der Waals surface area contributed by atoms with Crippen molar-refractivity contribution in [1.29, 1.82) is 0 Å². The molecule has 0 saturated carbocycles. The van der Waals surface area contributed by atoms with E-state index in [1.54, 1.807) is 12.4 Å². The Morgan fingerprint density at radius 2 is 1.97 bits per heavy atom. The van der Waals surface area contributed by atoms with Crippen LogP contribution in [0.15, 0.2) is 53.7 Å². The van der Waals surface area contributed by atoms with Crippen LogP contribution >= 0.6 is 0 Å². The number of hydrogen-bond donors (Lipinski definition) is 2. The first-order valence-electron chi connectivity index (χ1n) is 11.1. The van der Waals surface area contributed by atoms with Gasteiger partial charge in [0.1, 0.15) is 0 Å². The molecule has 4 heterocycles. The highest BCUT2D eigenvalue weighted by Gasteiger charge is 2.46. The Hall–Kier alpha value is -3.59. The Balaban J connectivity index is 1.38. The van der Waals surface area contributed by atoms with Crippen LogP contribution in [0.2, 0.25) is 0 Å². The zero-order valence-corrected chi connectivity index (χ0v) is 18.1. The highest BCUT2D eigenvalue weighted by molar-refractivity contribution is 5.99. The van der Waals surface area contributed by atoms with E-state index < -0.39 is 5.56 Å². The standard InChI is InChI=1S/C24H25N5O4/c30-21-10-19(13-27-28-21)22(31)26-14-20-11-24(4-7-33-8-5-24)15-29(20)23(32)17-2-1-16-3-6-25-12-18(16)9-17/h1-3,6,9-10,12-13,20H,4-5,7-8,11,14-15H2,(H,26,31)(H,28,30). The number of pyridine rings is 1. The number of hydrogen-bond acceptors (Lipinski definition) is 6. The van der Waals surface area contributed by atoms with Gasteiger partial charge in [0.15, 0.2) is 0 Å². The molecule has 1 unspecified atom stereocenters. The van der Waals surface area contributed by atoms with E-state index >= 15 is 0 Å². The summed E-state index contributed by atoms with van der Waals surface area (Å²) in [6, 6.07) is 8.62. The van der Waals surface area contributed by atoms with Crippen molar-refractivity contribution in [2.24, 2.45) is 5.41 Å². The summed E-state index contributed by atoms with van der Waals surface area (Å²) >= 11 is 0. The number of carbonyl (C=O) groups excluding carboxylic acids is 2. The molecule has 9 heteroatoms. The minimum Gasteiger partial charge on any atom is -0.381 e. The first kappa shape index (κ1) is 21.3. The number of ether oxygens (including phenoxy) is 1. The van der Waals surface area contributed by atoms with Gasteiger partial charge in [-0.3, -0.25) is 19.4 Å². The highest BCUT2D eigenvalue weighted by atomic mass is 16.5. The molecular weight excluding hydrogens is 422 g/mol. The Kier molecular flexibility index (Phi) is 5.63. The van der Waals surface area contributed by atoms with E-state index in [4.69, 9.17) is 4.74 Å². The third kappa shape index (κ3) is 4.36. The van der Waals surface area contributed by atoms with Gasteiger partial charge in [0.2, 0.25) is 0 Å². The van der Waals surface area contributed by atoms with Crippen LogP contribution in [0.25, 0.3) is 10.8 Å². The molecule has 0 bridgehead atoms. The number of likely N-dealkylation sites (tertiary alicyclic amines) is 1. The smallest absolute Gasteiger partial charge is 0.264 e. The third-order valence-corrected chi connectivity index (χ3v) is 6.74. The Bertz CT molecular complexity index is 1250. The second kappa shape index (κ2) is 8.74. The van der Waals surface area contributed by atoms with Gasteiger partial charge in [-0.1, -0.05) is 6.07 Å². The van der Waals surface area contributed by atoms with E-state index in [0.29, 0.717) is 31.9 Å². The summed E-state index contributed by atoms with van der Waals surface area (Å²) in [4.78, 5) is 43.7. The van der Waals surface area contributed by atoms with Gasteiger partial charge in [0.05, 0.1) is 11.8 Å². The number of fused-ring (bicyclic) bond motifs is 1. The normalized spacial score (nSPS) is 19.6. The molecule has 33 heavy (non-hydrogen) atoms. The van der Waals surface area contributed by atoms with Crippen LogP contribution in [-0.2, 0) is 4.74 Å². The lowest BCUT2D eigenvalue weighted by Crippen LogP contribution is -2.43. The van der Waals surface area contributed by atoms with E-state index in [1.807, 2.05) is 29.2 Å². The molecular formula is C24H25N5O4. The average molecular weight is 447 g/mol. The summed E-state index contributed by atoms with van der Waals surface area (Å²) in [6.45, 7) is 2.30. The molecule has 2 N–H and O–H groups in total. The molecule has 1 aromatic carbocycles. The van der Waals surface area contributed by atoms with Crippen LogP contribution in [0.4, 0.5) is 0 Å². The van der Waals surface area contributed by atoms with E-state index in [1.165, 1.54) is 12.3 Å². The van der Waals surface area contributed by atoms with E-state index in [2.05, 4.69) is 20.5 Å². The van der Waals surface area contributed by atoms with E-state index in [-0.39, 0.29) is 28.8 Å². The summed E-state index contributed by atoms with van der Waals surface area (Å²) in [5.41, 5.74) is 0.354. The quantitative estimate of drug-likeness (QED) is 0.629. The van der Waals surface area contributed by atoms with Crippen molar-refractivity contribution in [1.82, 2.24) is 25.4 Å². The molecule has 2 aliphatic rings. The topological polar surface area (TPSA) is 117 Å². The van der Waals surface area contributed by atoms with Gasteiger partial charge in [0.25, 0.3) is 17.4 Å². The number of carbonyl (C=O) groups is 2. The number of rotatable bonds is 4. The van der Waals surface area contributed by atoms with Crippen molar-refractivity contribution in [3.8, 4) is 0 Å². The van der Waals surface area contributed by atoms with Gasteiger partial charge in [-0.05, 0) is 48.3 Å². The first-order valence-corrected chi connectivity index (χ1v) is 11.1. The first-order chi connectivity index (χ1) is 16.0. The summed E-state index contributed by atoms with van der Waals surface area (Å²) in [6.07, 6.45) is 7.38. The molecule has 3 aromatic rings. The molecule has 2 aliphatic heterocycles. The number of nitrogens with zero attached hydrogens (tertiary/aromatic N) is 3. The van der Waals surface area contributed by atoms with Gasteiger partial charge in [-0.25, -0.2) is 5.10 Å². The van der Waals surface area contributed by atoms with Crippen molar-refractivity contribution in [2.75, 3.05) is 26.3 Å². The maximum Gasteiger partial charge on any atom is 0.264 e. The minimum atomic E-state index is -0.438. The van der Waals surface area contributed by atoms with Crippen molar-refractivity contribution in [2.45, 2.75) is 25.3 Å². The third-order valence-electron chi connectivity index (χ3n) is 6.74. The molecule has 5 rings (SSSR count). The van der Waals surface area contributed by atoms with Crippen molar-refractivity contribution < 1.29 is 14.3 Å². The molecule has 2 saturated heterocycles. The van der Waals surface area contributed by atoms with Crippen LogP contribution in [-0.4, -0.2) is 64.2 Å². The molecule has 170 valence electrons. The van der Waals surface area contributed by atoms with Crippen molar-refractivity contribution in [3.63, 3.8) is 0 Å². The number of H-pyrrole nitrogens is 1. The lowest BCUT2D eigenvalue weighted by molar-refractivity contribution is 0.0190. The Morgan fingerprint density at radius 1 is 1.12 bits per heavy atom. The summed E-state index contributed by atoms with van der Waals surface area (Å²) in [5, 5.41) is 10.8. The predicted octanol–water partition coefficient (Wildman–Crippen LogP) is 1.76. The van der Waals surface area contributed by atoms with E-state index in [9.17, 15) is 14.4 Å². The molecule has 2 fully saturated rings. The van der Waals surface area contributed by atoms with Crippen LogP contribution in [0.1, 0.15) is 40.0 Å². The lowest BCUT2D eigenvalue weighted by Gasteiger charge is -2.33. The van der Waals surface area contributed by atoms with Gasteiger partial charge < -0.3 is 15.0 Å². The lowest BCUT2D eigenvalue weighted by atomic mass is 9.78. The summed E-state index contributed by atoms with van der Waals surface area (Å²) in [5.74, 6) is -0.438. The van der Waals surface area contributed by atoms with Crippen molar-refractivity contribution >= 4 is 22.6 Å². The predicted molar refractivity (Wildman–Crippen MR) is 121 cm³/mol. The second-order valence-electron chi connectivity index (χ2n) is 8.88. The maximum atomic E-state index is 13.6. The average Bonchev–Trinajstić information content (AvgIpc) is 3.19. The van der Waals surface area contributed by atoms with Gasteiger partial charge >= 0.3 is 0 Å². The Labute approximate surface area is 190 Å². The SMILES string of the molecule is O=C(NCC1CC2(CCOCC2)CN1C(=O)c1ccc2ccncc2c1)c1cn[nH]c(=O)c1. The number of aromatic amines is 1. The van der Waals surface area contributed by atoms with E-state index in [0.717, 1.165) is 30.0 Å². The van der Waals surface area contributed by atoms with Crippen molar-refractivity contribution in [3.05, 3.63) is 70.4 Å². The summed E-state index contributed by atoms with van der Waals surface area (Å²) < 4.78 is 5.57. The van der Waals surface area contributed by atoms with Gasteiger partial charge in [-0.15, -0.1) is 0 Å². The largest absolute Gasteiger partial charge is 0.381 e. The zero-order chi connectivity index (χ0) is 22.8. The number of nitrogens with one attached hydrogen (secondary N) is 2. The maximum absolute atomic E-state index is 13.6. The second-order valence-corrected chi connectivity index (χ2v) is 8.88. The van der Waals surface area contributed by atoms with Gasteiger partial charge in [0, 0.05) is 61.8 Å². The fourth-order valence-electron chi connectivity index (χ4n) is 4.95. The monoisotopic (exact) mass is 447 g/mol. The molecule has 2 aromatic heterocycles. The Morgan fingerprint density at radius 3 is 2.79 bits per heavy atom. The molecule has 0 aliphatic carbocycles. The van der Waals surface area contributed by atoms with Gasteiger partial charge in [-0.2, -0.15) is 5.10 Å².